The van der Waals surface area contributed by atoms with Gasteiger partial charge in [-0.1, -0.05) is 6.07 Å². The summed E-state index contributed by atoms with van der Waals surface area (Å²) in [6, 6.07) is 7.27. The third-order valence-electron chi connectivity index (χ3n) is 3.28. The van der Waals surface area contributed by atoms with Crippen molar-refractivity contribution in [3.05, 3.63) is 29.3 Å². The second-order valence-electron chi connectivity index (χ2n) is 4.92. The number of aryl methyl sites for hydroxylation is 1. The summed E-state index contributed by atoms with van der Waals surface area (Å²) in [4.78, 5) is 12.3. The second-order valence-corrected chi connectivity index (χ2v) is 6.09. The summed E-state index contributed by atoms with van der Waals surface area (Å²) >= 11 is 1.70. The first-order valence-corrected chi connectivity index (χ1v) is 7.70. The molecule has 1 saturated carbocycles. The van der Waals surface area contributed by atoms with Gasteiger partial charge < -0.3 is 10.1 Å². The Labute approximate surface area is 119 Å². The van der Waals surface area contributed by atoms with Crippen LogP contribution in [0.4, 0.5) is 0 Å². The standard InChI is InChI=1S/C15H21NO2S/c1-11-9-14(19-8-7-15(17)18-2)6-3-12(11)10-16-13-4-5-13/h3,6,9,13,16H,4-5,7-8,10H2,1-2H3. The fourth-order valence-corrected chi connectivity index (χ4v) is 2.78. The van der Waals surface area contributed by atoms with Crippen LogP contribution in [0.25, 0.3) is 0 Å². The normalized spacial score (nSPS) is 14.4. The van der Waals surface area contributed by atoms with Crippen molar-refractivity contribution in [2.75, 3.05) is 12.9 Å². The molecular weight excluding hydrogens is 258 g/mol. The molecular formula is C15H21NO2S. The van der Waals surface area contributed by atoms with Crippen molar-refractivity contribution < 1.29 is 9.53 Å². The molecule has 19 heavy (non-hydrogen) atoms. The number of ether oxygens (including phenoxy) is 1. The van der Waals surface area contributed by atoms with Crippen molar-refractivity contribution in [1.29, 1.82) is 0 Å². The Morgan fingerprint density at radius 1 is 1.47 bits per heavy atom. The predicted molar refractivity (Wildman–Crippen MR) is 78.4 cm³/mol. The van der Waals surface area contributed by atoms with E-state index >= 15 is 0 Å². The maximum Gasteiger partial charge on any atom is 0.306 e. The molecule has 4 heteroatoms. The van der Waals surface area contributed by atoms with Crippen LogP contribution in [-0.2, 0) is 16.1 Å². The van der Waals surface area contributed by atoms with Crippen molar-refractivity contribution in [3.8, 4) is 0 Å². The zero-order valence-electron chi connectivity index (χ0n) is 11.6. The molecule has 0 aliphatic heterocycles. The summed E-state index contributed by atoms with van der Waals surface area (Å²) in [5.41, 5.74) is 2.68. The Morgan fingerprint density at radius 3 is 2.89 bits per heavy atom. The number of benzene rings is 1. The molecule has 0 radical (unpaired) electrons. The summed E-state index contributed by atoms with van der Waals surface area (Å²) in [5, 5.41) is 3.53. The van der Waals surface area contributed by atoms with Crippen molar-refractivity contribution >= 4 is 17.7 Å². The van der Waals surface area contributed by atoms with E-state index in [4.69, 9.17) is 0 Å². The van der Waals surface area contributed by atoms with Crippen LogP contribution in [-0.4, -0.2) is 24.9 Å². The Hall–Kier alpha value is -1.00. The molecule has 0 heterocycles. The predicted octanol–water partition coefficient (Wildman–Crippen LogP) is 2.90. The monoisotopic (exact) mass is 279 g/mol. The molecule has 1 aromatic carbocycles. The minimum atomic E-state index is -0.144. The maximum absolute atomic E-state index is 11.0. The summed E-state index contributed by atoms with van der Waals surface area (Å²) in [5.74, 6) is 0.626. The van der Waals surface area contributed by atoms with Crippen molar-refractivity contribution in [3.63, 3.8) is 0 Å². The highest BCUT2D eigenvalue weighted by atomic mass is 32.2. The molecule has 104 valence electrons. The third kappa shape index (κ3) is 4.88. The van der Waals surface area contributed by atoms with Crippen molar-refractivity contribution in [1.82, 2.24) is 5.32 Å². The van der Waals surface area contributed by atoms with E-state index in [0.29, 0.717) is 6.42 Å². The van der Waals surface area contributed by atoms with E-state index < -0.39 is 0 Å². The molecule has 1 N–H and O–H groups in total. The number of methoxy groups -OCH3 is 1. The number of carbonyl (C=O) groups excluding carboxylic acids is 1. The zero-order valence-corrected chi connectivity index (χ0v) is 12.4. The molecule has 0 atom stereocenters. The van der Waals surface area contributed by atoms with E-state index in [1.54, 1.807) is 11.8 Å². The summed E-state index contributed by atoms with van der Waals surface area (Å²) < 4.78 is 4.63. The molecule has 1 aliphatic carbocycles. The number of esters is 1. The van der Waals surface area contributed by atoms with Gasteiger partial charge in [0.15, 0.2) is 0 Å². The van der Waals surface area contributed by atoms with Gasteiger partial charge in [0.1, 0.15) is 0 Å². The van der Waals surface area contributed by atoms with E-state index in [9.17, 15) is 4.79 Å². The van der Waals surface area contributed by atoms with E-state index in [2.05, 4.69) is 35.2 Å². The molecule has 3 nitrogen and oxygen atoms in total. The Balaban J connectivity index is 1.81. The van der Waals surface area contributed by atoms with Gasteiger partial charge in [-0.05, 0) is 43.0 Å². The van der Waals surface area contributed by atoms with E-state index in [1.807, 2.05) is 0 Å². The van der Waals surface area contributed by atoms with Crippen LogP contribution in [0.5, 0.6) is 0 Å². The highest BCUT2D eigenvalue weighted by Gasteiger charge is 2.20. The van der Waals surface area contributed by atoms with Crippen LogP contribution < -0.4 is 5.32 Å². The molecule has 2 rings (SSSR count). The van der Waals surface area contributed by atoms with Gasteiger partial charge in [-0.3, -0.25) is 4.79 Å². The Morgan fingerprint density at radius 2 is 2.26 bits per heavy atom. The first-order chi connectivity index (χ1) is 9.19. The molecule has 1 aliphatic rings. The fourth-order valence-electron chi connectivity index (χ4n) is 1.85. The van der Waals surface area contributed by atoms with Gasteiger partial charge in [-0.25, -0.2) is 0 Å². The van der Waals surface area contributed by atoms with Gasteiger partial charge in [-0.2, -0.15) is 0 Å². The summed E-state index contributed by atoms with van der Waals surface area (Å²) in [6.45, 7) is 3.11. The number of hydrogen-bond donors (Lipinski definition) is 1. The lowest BCUT2D eigenvalue weighted by atomic mass is 10.1. The molecule has 1 aromatic rings. The Kier molecular flexibility index (Phi) is 5.28. The van der Waals surface area contributed by atoms with Gasteiger partial charge >= 0.3 is 5.97 Å². The third-order valence-corrected chi connectivity index (χ3v) is 4.27. The SMILES string of the molecule is COC(=O)CCSc1ccc(CNC2CC2)c(C)c1. The number of carbonyl (C=O) groups is 1. The smallest absolute Gasteiger partial charge is 0.306 e. The van der Waals surface area contributed by atoms with Crippen LogP contribution in [0.3, 0.4) is 0 Å². The number of hydrogen-bond acceptors (Lipinski definition) is 4. The van der Waals surface area contributed by atoms with Crippen LogP contribution in [0.15, 0.2) is 23.1 Å². The topological polar surface area (TPSA) is 38.3 Å². The fraction of sp³-hybridized carbons (Fsp3) is 0.533. The largest absolute Gasteiger partial charge is 0.469 e. The molecule has 0 saturated heterocycles. The lowest BCUT2D eigenvalue weighted by Gasteiger charge is -2.09. The van der Waals surface area contributed by atoms with E-state index in [0.717, 1.165) is 18.3 Å². The van der Waals surface area contributed by atoms with Gasteiger partial charge in [-0.15, -0.1) is 11.8 Å². The number of nitrogens with one attached hydrogen (secondary N) is 1. The average molecular weight is 279 g/mol. The molecule has 0 amide bonds. The maximum atomic E-state index is 11.0. The molecule has 0 aromatic heterocycles. The average Bonchev–Trinajstić information content (AvgIpc) is 3.21. The lowest BCUT2D eigenvalue weighted by Crippen LogP contribution is -2.15. The van der Waals surface area contributed by atoms with Gasteiger partial charge in [0.05, 0.1) is 13.5 Å². The molecule has 0 bridgehead atoms. The van der Waals surface area contributed by atoms with Crippen molar-refractivity contribution in [2.45, 2.75) is 43.7 Å². The summed E-state index contributed by atoms with van der Waals surface area (Å²) in [7, 11) is 1.43. The molecule has 0 unspecified atom stereocenters. The van der Waals surface area contributed by atoms with E-state index in [-0.39, 0.29) is 5.97 Å². The lowest BCUT2D eigenvalue weighted by molar-refractivity contribution is -0.140. The molecule has 0 spiro atoms. The van der Waals surface area contributed by atoms with Crippen LogP contribution >= 0.6 is 11.8 Å². The quantitative estimate of drug-likeness (QED) is 0.615. The number of thioether (sulfide) groups is 1. The minimum Gasteiger partial charge on any atom is -0.469 e. The highest BCUT2D eigenvalue weighted by Crippen LogP contribution is 2.23. The Bertz CT molecular complexity index is 444. The van der Waals surface area contributed by atoms with Crippen LogP contribution in [0, 0.1) is 6.92 Å². The highest BCUT2D eigenvalue weighted by molar-refractivity contribution is 7.99. The summed E-state index contributed by atoms with van der Waals surface area (Å²) in [6.07, 6.45) is 3.10. The van der Waals surface area contributed by atoms with Gasteiger partial charge in [0.2, 0.25) is 0 Å². The van der Waals surface area contributed by atoms with Crippen molar-refractivity contribution in [2.24, 2.45) is 0 Å². The number of rotatable bonds is 7. The minimum absolute atomic E-state index is 0.144. The molecule has 1 fully saturated rings. The van der Waals surface area contributed by atoms with Crippen LogP contribution in [0.2, 0.25) is 0 Å². The van der Waals surface area contributed by atoms with E-state index in [1.165, 1.54) is 36.0 Å². The zero-order chi connectivity index (χ0) is 13.7. The first-order valence-electron chi connectivity index (χ1n) is 6.71. The van der Waals surface area contributed by atoms with Gasteiger partial charge in [0.25, 0.3) is 0 Å². The van der Waals surface area contributed by atoms with Gasteiger partial charge in [0, 0.05) is 23.2 Å². The first kappa shape index (κ1) is 14.4. The second kappa shape index (κ2) is 6.96. The van der Waals surface area contributed by atoms with Crippen LogP contribution in [0.1, 0.15) is 30.4 Å².